The first-order chi connectivity index (χ1) is 15.9. The van der Waals surface area contributed by atoms with Crippen molar-refractivity contribution in [3.8, 4) is 23.3 Å². The van der Waals surface area contributed by atoms with Crippen molar-refractivity contribution in [2.45, 2.75) is 13.5 Å². The van der Waals surface area contributed by atoms with Gasteiger partial charge in [-0.25, -0.2) is 15.2 Å². The fourth-order valence-corrected chi connectivity index (χ4v) is 2.92. The van der Waals surface area contributed by atoms with Gasteiger partial charge in [-0.05, 0) is 37.3 Å². The third-order valence-corrected chi connectivity index (χ3v) is 4.35. The van der Waals surface area contributed by atoms with Gasteiger partial charge in [0.25, 0.3) is 5.91 Å². The summed E-state index contributed by atoms with van der Waals surface area (Å²) in [5.74, 6) is -0.748. The highest BCUT2D eigenvalue weighted by molar-refractivity contribution is 5.89. The predicted molar refractivity (Wildman–Crippen MR) is 117 cm³/mol. The third-order valence-electron chi connectivity index (χ3n) is 4.35. The molecule has 3 aromatic rings. The largest absolute Gasteiger partial charge is 0.478 e. The van der Waals surface area contributed by atoms with Gasteiger partial charge in [0.2, 0.25) is 5.88 Å². The first kappa shape index (κ1) is 23.2. The minimum atomic E-state index is -1.03. The minimum absolute atomic E-state index is 0.0444. The Morgan fingerprint density at radius 2 is 2.12 bits per heavy atom. The van der Waals surface area contributed by atoms with E-state index in [1.807, 2.05) is 6.07 Å². The number of carboxylic acid groups (broad SMARTS) is 1. The van der Waals surface area contributed by atoms with E-state index in [-0.39, 0.29) is 23.6 Å². The standard InChI is InChI=1S/C23H20N4O6/c1-14-8-17(12-31-2)19(10-24)22(26-14)32-13-21(28)27-25-11-18-6-7-20(33-18)15-4-3-5-16(9-15)23(29)30/h3-9,11H,12-13H2,1-2H3,(H,27,28)(H,29,30). The molecule has 0 fully saturated rings. The van der Waals surface area contributed by atoms with Gasteiger partial charge in [-0.3, -0.25) is 4.79 Å². The molecule has 33 heavy (non-hydrogen) atoms. The van der Waals surface area contributed by atoms with Crippen molar-refractivity contribution in [3.05, 3.63) is 70.6 Å². The molecule has 0 aliphatic heterocycles. The Kier molecular flexibility index (Phi) is 7.51. The number of aromatic nitrogens is 1. The number of furan rings is 1. The zero-order valence-corrected chi connectivity index (χ0v) is 17.9. The number of hydrogen-bond acceptors (Lipinski definition) is 8. The van der Waals surface area contributed by atoms with Crippen LogP contribution in [0, 0.1) is 18.3 Å². The van der Waals surface area contributed by atoms with Crippen molar-refractivity contribution in [1.82, 2.24) is 10.4 Å². The highest BCUT2D eigenvalue weighted by Gasteiger charge is 2.14. The maximum Gasteiger partial charge on any atom is 0.335 e. The van der Waals surface area contributed by atoms with Crippen molar-refractivity contribution in [2.24, 2.45) is 5.10 Å². The van der Waals surface area contributed by atoms with E-state index < -0.39 is 18.5 Å². The fraction of sp³-hybridized carbons (Fsp3) is 0.174. The summed E-state index contributed by atoms with van der Waals surface area (Å²) in [6.07, 6.45) is 1.30. The molecule has 10 nitrogen and oxygen atoms in total. The smallest absolute Gasteiger partial charge is 0.335 e. The summed E-state index contributed by atoms with van der Waals surface area (Å²) in [5, 5.41) is 22.3. The van der Waals surface area contributed by atoms with Crippen molar-refractivity contribution in [1.29, 1.82) is 5.26 Å². The molecule has 0 saturated carbocycles. The van der Waals surface area contributed by atoms with E-state index in [0.717, 1.165) is 0 Å². The van der Waals surface area contributed by atoms with Crippen molar-refractivity contribution < 1.29 is 28.6 Å². The van der Waals surface area contributed by atoms with E-state index in [4.69, 9.17) is 19.0 Å². The van der Waals surface area contributed by atoms with Gasteiger partial charge in [0, 0.05) is 23.9 Å². The summed E-state index contributed by atoms with van der Waals surface area (Å²) < 4.78 is 16.1. The van der Waals surface area contributed by atoms with E-state index in [0.29, 0.717) is 28.3 Å². The van der Waals surface area contributed by atoms with E-state index in [1.54, 1.807) is 37.3 Å². The highest BCUT2D eigenvalue weighted by atomic mass is 16.5. The Balaban J connectivity index is 1.59. The first-order valence-corrected chi connectivity index (χ1v) is 9.69. The van der Waals surface area contributed by atoms with Gasteiger partial charge in [-0.1, -0.05) is 12.1 Å². The van der Waals surface area contributed by atoms with E-state index >= 15 is 0 Å². The topological polar surface area (TPSA) is 147 Å². The monoisotopic (exact) mass is 448 g/mol. The lowest BCUT2D eigenvalue weighted by Gasteiger charge is -2.10. The molecule has 0 radical (unpaired) electrons. The summed E-state index contributed by atoms with van der Waals surface area (Å²) in [6, 6.07) is 13.3. The second kappa shape index (κ2) is 10.7. The number of carboxylic acids is 1. The van der Waals surface area contributed by atoms with Crippen LogP contribution in [-0.2, 0) is 16.1 Å². The number of nitrogens with zero attached hydrogens (tertiary/aromatic N) is 3. The zero-order chi connectivity index (χ0) is 23.8. The molecule has 0 aliphatic carbocycles. The maximum atomic E-state index is 12.1. The Bertz CT molecular complexity index is 1240. The van der Waals surface area contributed by atoms with Gasteiger partial charge in [0.1, 0.15) is 23.2 Å². The number of benzene rings is 1. The summed E-state index contributed by atoms with van der Waals surface area (Å²) in [7, 11) is 1.51. The van der Waals surface area contributed by atoms with Crippen LogP contribution in [0.3, 0.4) is 0 Å². The molecule has 2 N–H and O–H groups in total. The Morgan fingerprint density at radius 3 is 2.85 bits per heavy atom. The number of carbonyl (C=O) groups excluding carboxylic acids is 1. The molecule has 1 aromatic carbocycles. The molecule has 2 heterocycles. The van der Waals surface area contributed by atoms with E-state index in [2.05, 4.69) is 15.5 Å². The number of pyridine rings is 1. The quantitative estimate of drug-likeness (QED) is 0.375. The Labute approximate surface area is 189 Å². The third kappa shape index (κ3) is 6.03. The van der Waals surface area contributed by atoms with Gasteiger partial charge < -0.3 is 19.0 Å². The molecule has 1 amide bonds. The number of amides is 1. The summed E-state index contributed by atoms with van der Waals surface area (Å²) in [6.45, 7) is 1.55. The number of aryl methyl sites for hydroxylation is 1. The lowest BCUT2D eigenvalue weighted by Crippen LogP contribution is -2.25. The molecule has 2 aromatic heterocycles. The number of nitrogens with one attached hydrogen (secondary N) is 1. The second-order valence-corrected chi connectivity index (χ2v) is 6.82. The Hall–Kier alpha value is -4.49. The molecule has 168 valence electrons. The molecule has 0 bridgehead atoms. The maximum absolute atomic E-state index is 12.1. The number of hydrogen-bond donors (Lipinski definition) is 2. The normalized spacial score (nSPS) is 10.7. The van der Waals surface area contributed by atoms with Gasteiger partial charge in [-0.2, -0.15) is 10.4 Å². The predicted octanol–water partition coefficient (Wildman–Crippen LogP) is 2.90. The molecule has 10 heteroatoms. The molecule has 3 rings (SSSR count). The first-order valence-electron chi connectivity index (χ1n) is 9.69. The average molecular weight is 448 g/mol. The number of hydrazone groups is 1. The van der Waals surface area contributed by atoms with Crippen LogP contribution in [0.15, 0.2) is 52.0 Å². The molecular weight excluding hydrogens is 428 g/mol. The van der Waals surface area contributed by atoms with Gasteiger partial charge >= 0.3 is 5.97 Å². The second-order valence-electron chi connectivity index (χ2n) is 6.82. The van der Waals surface area contributed by atoms with Crippen molar-refractivity contribution >= 4 is 18.1 Å². The van der Waals surface area contributed by atoms with Gasteiger partial charge in [-0.15, -0.1) is 0 Å². The average Bonchev–Trinajstić information content (AvgIpc) is 3.27. The van der Waals surface area contributed by atoms with Gasteiger partial charge in [0.05, 0.1) is 18.4 Å². The Morgan fingerprint density at radius 1 is 1.30 bits per heavy atom. The van der Waals surface area contributed by atoms with Crippen LogP contribution in [0.5, 0.6) is 5.88 Å². The number of ether oxygens (including phenoxy) is 2. The lowest BCUT2D eigenvalue weighted by molar-refractivity contribution is -0.123. The molecule has 0 saturated heterocycles. The number of carbonyl (C=O) groups is 2. The van der Waals surface area contributed by atoms with Crippen LogP contribution in [0.1, 0.15) is 32.9 Å². The number of rotatable bonds is 9. The fourth-order valence-electron chi connectivity index (χ4n) is 2.92. The van der Waals surface area contributed by atoms with Crippen LogP contribution < -0.4 is 10.2 Å². The number of methoxy groups -OCH3 is 1. The van der Waals surface area contributed by atoms with Crippen molar-refractivity contribution in [2.75, 3.05) is 13.7 Å². The van der Waals surface area contributed by atoms with Crippen LogP contribution >= 0.6 is 0 Å². The van der Waals surface area contributed by atoms with Crippen LogP contribution in [0.25, 0.3) is 11.3 Å². The summed E-state index contributed by atoms with van der Waals surface area (Å²) >= 11 is 0. The van der Waals surface area contributed by atoms with Gasteiger partial charge in [0.15, 0.2) is 6.61 Å². The molecular formula is C23H20N4O6. The molecule has 0 atom stereocenters. The molecule has 0 aliphatic rings. The highest BCUT2D eigenvalue weighted by Crippen LogP contribution is 2.23. The lowest BCUT2D eigenvalue weighted by atomic mass is 10.1. The summed E-state index contributed by atoms with van der Waals surface area (Å²) in [5.41, 5.74) is 4.48. The van der Waals surface area contributed by atoms with Crippen LogP contribution in [-0.4, -0.2) is 41.9 Å². The van der Waals surface area contributed by atoms with Crippen molar-refractivity contribution in [3.63, 3.8) is 0 Å². The van der Waals surface area contributed by atoms with E-state index in [9.17, 15) is 14.9 Å². The number of aromatic carboxylic acids is 1. The summed E-state index contributed by atoms with van der Waals surface area (Å²) in [4.78, 5) is 27.3. The zero-order valence-electron chi connectivity index (χ0n) is 17.9. The molecule has 0 spiro atoms. The minimum Gasteiger partial charge on any atom is -0.478 e. The van der Waals surface area contributed by atoms with Crippen LogP contribution in [0.4, 0.5) is 0 Å². The number of nitriles is 1. The molecule has 0 unspecified atom stereocenters. The van der Waals surface area contributed by atoms with E-state index in [1.165, 1.54) is 25.5 Å². The SMILES string of the molecule is COCc1cc(C)nc(OCC(=O)NN=Cc2ccc(-c3cccc(C(=O)O)c3)o2)c1C#N. The van der Waals surface area contributed by atoms with Crippen LogP contribution in [0.2, 0.25) is 0 Å².